The van der Waals surface area contributed by atoms with E-state index < -0.39 is 16.1 Å². The second kappa shape index (κ2) is 8.19. The lowest BCUT2D eigenvalue weighted by Gasteiger charge is -2.32. The monoisotopic (exact) mass is 414 g/mol. The lowest BCUT2D eigenvalue weighted by Crippen LogP contribution is -2.45. The first-order valence-corrected chi connectivity index (χ1v) is 12.4. The highest BCUT2D eigenvalue weighted by Crippen LogP contribution is 2.44. The number of amides is 1. The van der Waals surface area contributed by atoms with E-state index >= 15 is 0 Å². The van der Waals surface area contributed by atoms with Crippen molar-refractivity contribution in [3.63, 3.8) is 0 Å². The maximum Gasteiger partial charge on any atom is 0.223 e. The number of carbonyl (C=O) groups excluding carboxylic acids is 1. The Bertz CT molecular complexity index is 758. The summed E-state index contributed by atoms with van der Waals surface area (Å²) in [6.07, 6.45) is 6.35. The molecule has 2 N–H and O–H groups in total. The number of hydrogen-bond acceptors (Lipinski definition) is 5. The first-order chi connectivity index (χ1) is 12.7. The quantitative estimate of drug-likeness (QED) is 0.748. The minimum Gasteiger partial charge on any atom is -0.388 e. The minimum absolute atomic E-state index is 0.0269. The van der Waals surface area contributed by atoms with Gasteiger partial charge in [0.15, 0.2) is 0 Å². The number of nitrogens with one attached hydrogen (secondary N) is 1. The molecule has 1 amide bonds. The van der Waals surface area contributed by atoms with Crippen LogP contribution in [0.3, 0.4) is 0 Å². The number of carbonyl (C=O) groups is 1. The number of piperidine rings is 1. The number of hydrogen-bond donors (Lipinski definition) is 2. The number of aliphatic hydroxyl groups is 1. The molecule has 27 heavy (non-hydrogen) atoms. The van der Waals surface area contributed by atoms with Gasteiger partial charge in [0.1, 0.15) is 0 Å². The van der Waals surface area contributed by atoms with Crippen LogP contribution in [0.25, 0.3) is 0 Å². The van der Waals surface area contributed by atoms with Crippen molar-refractivity contribution in [1.82, 2.24) is 9.62 Å². The molecule has 1 aliphatic heterocycles. The van der Waals surface area contributed by atoms with Gasteiger partial charge >= 0.3 is 0 Å². The van der Waals surface area contributed by atoms with Crippen LogP contribution >= 0.6 is 11.3 Å². The molecule has 0 spiro atoms. The average Bonchev–Trinajstić information content (AvgIpc) is 3.29. The summed E-state index contributed by atoms with van der Waals surface area (Å²) in [7, 11) is -3.17. The fourth-order valence-corrected chi connectivity index (χ4v) is 6.34. The third kappa shape index (κ3) is 4.72. The van der Waals surface area contributed by atoms with E-state index in [-0.39, 0.29) is 17.2 Å². The number of rotatable bonds is 6. The highest BCUT2D eigenvalue weighted by Gasteiger charge is 2.38. The molecule has 6 nitrogen and oxygen atoms in total. The zero-order chi connectivity index (χ0) is 19.7. The Balaban J connectivity index is 1.60. The van der Waals surface area contributed by atoms with E-state index in [0.717, 1.165) is 30.6 Å². The van der Waals surface area contributed by atoms with Crippen molar-refractivity contribution in [3.8, 4) is 0 Å². The Kier molecular flexibility index (Phi) is 6.30. The molecule has 0 bridgehead atoms. The SMILES string of the molecule is CC(O)c1ccc(C2(CNC(=O)C3CCN(S(C)(=O)=O)CC3)CCCC2)s1. The zero-order valence-corrected chi connectivity index (χ0v) is 17.7. The van der Waals surface area contributed by atoms with Gasteiger partial charge in [-0.2, -0.15) is 0 Å². The lowest BCUT2D eigenvalue weighted by molar-refractivity contribution is -0.126. The summed E-state index contributed by atoms with van der Waals surface area (Å²) in [4.78, 5) is 14.9. The van der Waals surface area contributed by atoms with Crippen molar-refractivity contribution in [2.45, 2.75) is 57.0 Å². The molecule has 1 aromatic rings. The van der Waals surface area contributed by atoms with Crippen LogP contribution in [0.15, 0.2) is 12.1 Å². The van der Waals surface area contributed by atoms with E-state index in [1.54, 1.807) is 18.3 Å². The first kappa shape index (κ1) is 20.8. The molecule has 152 valence electrons. The predicted octanol–water partition coefficient (Wildman–Crippen LogP) is 2.40. The molecule has 3 rings (SSSR count). The van der Waals surface area contributed by atoms with Gasteiger partial charge < -0.3 is 10.4 Å². The van der Waals surface area contributed by atoms with E-state index in [9.17, 15) is 18.3 Å². The fourth-order valence-electron chi connectivity index (χ4n) is 4.27. The Morgan fingerprint density at radius 1 is 1.33 bits per heavy atom. The molecule has 1 atom stereocenters. The van der Waals surface area contributed by atoms with E-state index in [1.807, 2.05) is 6.07 Å². The second-order valence-corrected chi connectivity index (χ2v) is 11.1. The van der Waals surface area contributed by atoms with Crippen LogP contribution < -0.4 is 5.32 Å². The highest BCUT2D eigenvalue weighted by molar-refractivity contribution is 7.88. The predicted molar refractivity (Wildman–Crippen MR) is 107 cm³/mol. The molecule has 2 heterocycles. The van der Waals surface area contributed by atoms with Crippen molar-refractivity contribution in [2.24, 2.45) is 5.92 Å². The number of nitrogens with zero attached hydrogens (tertiary/aromatic N) is 1. The van der Waals surface area contributed by atoms with Crippen LogP contribution in [-0.4, -0.2) is 49.6 Å². The number of thiophene rings is 1. The van der Waals surface area contributed by atoms with E-state index in [4.69, 9.17) is 0 Å². The van der Waals surface area contributed by atoms with Gasteiger partial charge in [0.2, 0.25) is 15.9 Å². The van der Waals surface area contributed by atoms with E-state index in [1.165, 1.54) is 15.4 Å². The van der Waals surface area contributed by atoms with Gasteiger partial charge in [0.25, 0.3) is 0 Å². The Hall–Kier alpha value is -0.960. The maximum absolute atomic E-state index is 12.7. The Labute approximate surface area is 166 Å². The van der Waals surface area contributed by atoms with E-state index in [0.29, 0.717) is 32.5 Å². The van der Waals surface area contributed by atoms with Crippen LogP contribution in [0.2, 0.25) is 0 Å². The van der Waals surface area contributed by atoms with Crippen molar-refractivity contribution < 1.29 is 18.3 Å². The minimum atomic E-state index is -3.17. The summed E-state index contributed by atoms with van der Waals surface area (Å²) in [5, 5.41) is 13.0. The molecule has 8 heteroatoms. The van der Waals surface area contributed by atoms with E-state index in [2.05, 4.69) is 11.4 Å². The molecular weight excluding hydrogens is 384 g/mol. The first-order valence-electron chi connectivity index (χ1n) is 9.72. The summed E-state index contributed by atoms with van der Waals surface area (Å²) in [6.45, 7) is 3.24. The Morgan fingerprint density at radius 3 is 2.48 bits per heavy atom. The summed E-state index contributed by atoms with van der Waals surface area (Å²) in [6, 6.07) is 4.10. The smallest absolute Gasteiger partial charge is 0.223 e. The lowest BCUT2D eigenvalue weighted by atomic mass is 9.84. The molecular formula is C19H30N2O4S2. The van der Waals surface area contributed by atoms with Crippen molar-refractivity contribution in [2.75, 3.05) is 25.9 Å². The van der Waals surface area contributed by atoms with Crippen LogP contribution in [0.5, 0.6) is 0 Å². The third-order valence-corrected chi connectivity index (χ3v) is 8.82. The molecule has 2 fully saturated rings. The van der Waals surface area contributed by atoms with Crippen molar-refractivity contribution in [3.05, 3.63) is 21.9 Å². The van der Waals surface area contributed by atoms with Gasteiger partial charge in [0.05, 0.1) is 12.4 Å². The summed E-state index contributed by atoms with van der Waals surface area (Å²) in [5.41, 5.74) is -0.0269. The zero-order valence-electron chi connectivity index (χ0n) is 16.1. The van der Waals surface area contributed by atoms with Crippen LogP contribution in [0.1, 0.15) is 61.3 Å². The van der Waals surface area contributed by atoms with Crippen LogP contribution in [0.4, 0.5) is 0 Å². The van der Waals surface area contributed by atoms with Crippen molar-refractivity contribution >= 4 is 27.3 Å². The van der Waals surface area contributed by atoms with Crippen LogP contribution in [0, 0.1) is 5.92 Å². The largest absolute Gasteiger partial charge is 0.388 e. The molecule has 1 aliphatic carbocycles. The number of sulfonamides is 1. The third-order valence-electron chi connectivity index (χ3n) is 6.02. The Morgan fingerprint density at radius 2 is 1.96 bits per heavy atom. The van der Waals surface area contributed by atoms with Gasteiger partial charge in [-0.1, -0.05) is 12.8 Å². The molecule has 0 radical (unpaired) electrons. The number of aliphatic hydroxyl groups excluding tert-OH is 1. The summed E-state index contributed by atoms with van der Waals surface area (Å²) < 4.78 is 24.7. The maximum atomic E-state index is 12.7. The summed E-state index contributed by atoms with van der Waals surface area (Å²) in [5.74, 6) is -0.0699. The van der Waals surface area contributed by atoms with Gasteiger partial charge in [-0.05, 0) is 44.7 Å². The molecule has 1 unspecified atom stereocenters. The van der Waals surface area contributed by atoms with Gasteiger partial charge in [0, 0.05) is 40.7 Å². The molecule has 1 saturated heterocycles. The fraction of sp³-hybridized carbons (Fsp3) is 0.737. The van der Waals surface area contributed by atoms with Gasteiger partial charge in [-0.3, -0.25) is 4.79 Å². The topological polar surface area (TPSA) is 86.7 Å². The molecule has 2 aliphatic rings. The average molecular weight is 415 g/mol. The standard InChI is InChI=1S/C19H30N2O4S2/c1-14(22)16-5-6-17(26-16)19(9-3-4-10-19)13-20-18(23)15-7-11-21(12-8-15)27(2,24)25/h5-6,14-15,22H,3-4,7-13H2,1-2H3,(H,20,23). The van der Waals surface area contributed by atoms with Gasteiger partial charge in [-0.15, -0.1) is 11.3 Å². The molecule has 1 aromatic heterocycles. The highest BCUT2D eigenvalue weighted by atomic mass is 32.2. The second-order valence-electron chi connectivity index (χ2n) is 8.02. The molecule has 1 saturated carbocycles. The van der Waals surface area contributed by atoms with Gasteiger partial charge in [-0.25, -0.2) is 12.7 Å². The normalized spacial score (nSPS) is 22.6. The summed E-state index contributed by atoms with van der Waals surface area (Å²) >= 11 is 1.65. The van der Waals surface area contributed by atoms with Crippen LogP contribution in [-0.2, 0) is 20.2 Å². The van der Waals surface area contributed by atoms with Crippen molar-refractivity contribution in [1.29, 1.82) is 0 Å². The molecule has 0 aromatic carbocycles.